The van der Waals surface area contributed by atoms with Gasteiger partial charge in [0.15, 0.2) is 9.84 Å². The minimum absolute atomic E-state index is 0.321. The zero-order chi connectivity index (χ0) is 10.6. The fraction of sp³-hybridized carbons (Fsp3) is 0.182. The van der Waals surface area contributed by atoms with Crippen LogP contribution in [-0.4, -0.2) is 13.7 Å². The molecule has 1 radical (unpaired) electrons. The van der Waals surface area contributed by atoms with Crippen molar-refractivity contribution < 1.29 is 8.42 Å². The lowest BCUT2D eigenvalue weighted by Gasteiger charge is -2.10. The molecule has 1 aromatic rings. The smallest absolute Gasteiger partial charge is 0.181 e. The highest BCUT2D eigenvalue weighted by Crippen LogP contribution is 2.17. The molecule has 1 rings (SSSR count). The summed E-state index contributed by atoms with van der Waals surface area (Å²) in [6.07, 6.45) is 1.94. The predicted octanol–water partition coefficient (Wildman–Crippen LogP) is 2.24. The van der Waals surface area contributed by atoms with Crippen LogP contribution in [0.1, 0.15) is 6.42 Å². The Morgan fingerprint density at radius 2 is 1.86 bits per heavy atom. The first-order chi connectivity index (χ1) is 6.59. The third kappa shape index (κ3) is 2.23. The Bertz CT molecular complexity index is 393. The van der Waals surface area contributed by atoms with Gasteiger partial charge in [0.25, 0.3) is 0 Å². The summed E-state index contributed by atoms with van der Waals surface area (Å²) in [7, 11) is -3.28. The molecule has 0 aliphatic heterocycles. The van der Waals surface area contributed by atoms with Gasteiger partial charge in [0.2, 0.25) is 0 Å². The van der Waals surface area contributed by atoms with E-state index in [1.807, 2.05) is 0 Å². The molecule has 0 saturated carbocycles. The lowest BCUT2D eigenvalue weighted by Crippen LogP contribution is -2.17. The van der Waals surface area contributed by atoms with Crippen LogP contribution in [0, 0.1) is 6.92 Å². The monoisotopic (exact) mass is 209 g/mol. The number of allylic oxidation sites excluding steroid dienone is 1. The van der Waals surface area contributed by atoms with E-state index in [1.165, 1.54) is 0 Å². The third-order valence-electron chi connectivity index (χ3n) is 1.94. The van der Waals surface area contributed by atoms with E-state index in [9.17, 15) is 8.42 Å². The van der Waals surface area contributed by atoms with E-state index in [-0.39, 0.29) is 0 Å². The molecule has 1 aromatic carbocycles. The molecular formula is C11H13O2S. The first kappa shape index (κ1) is 11.0. The molecule has 0 aliphatic rings. The Hall–Kier alpha value is -1.09. The zero-order valence-corrected chi connectivity index (χ0v) is 8.70. The van der Waals surface area contributed by atoms with Gasteiger partial charge in [-0.05, 0) is 25.5 Å². The fourth-order valence-corrected chi connectivity index (χ4v) is 2.43. The number of sulfone groups is 1. The highest BCUT2D eigenvalue weighted by Gasteiger charge is 2.21. The van der Waals surface area contributed by atoms with E-state index in [0.29, 0.717) is 11.3 Å². The van der Waals surface area contributed by atoms with Gasteiger partial charge in [-0.1, -0.05) is 24.3 Å². The van der Waals surface area contributed by atoms with Crippen molar-refractivity contribution in [2.75, 3.05) is 0 Å². The summed E-state index contributed by atoms with van der Waals surface area (Å²) in [5, 5.41) is -0.651. The quantitative estimate of drug-likeness (QED) is 0.713. The maximum atomic E-state index is 11.8. The lowest BCUT2D eigenvalue weighted by atomic mass is 10.3. The molecule has 0 spiro atoms. The second-order valence-corrected chi connectivity index (χ2v) is 5.23. The van der Waals surface area contributed by atoms with E-state index in [4.69, 9.17) is 0 Å². The van der Waals surface area contributed by atoms with Crippen LogP contribution in [0.4, 0.5) is 0 Å². The molecule has 0 heterocycles. The van der Waals surface area contributed by atoms with E-state index < -0.39 is 15.1 Å². The van der Waals surface area contributed by atoms with Gasteiger partial charge in [-0.15, -0.1) is 6.58 Å². The summed E-state index contributed by atoms with van der Waals surface area (Å²) in [6, 6.07) is 8.35. The van der Waals surface area contributed by atoms with Crippen LogP contribution >= 0.6 is 0 Å². The Labute approximate surface area is 85.2 Å². The Morgan fingerprint density at radius 3 is 2.36 bits per heavy atom. The predicted molar refractivity (Wildman–Crippen MR) is 57.6 cm³/mol. The summed E-state index contributed by atoms with van der Waals surface area (Å²) < 4.78 is 23.6. The van der Waals surface area contributed by atoms with Crippen molar-refractivity contribution in [1.29, 1.82) is 0 Å². The summed E-state index contributed by atoms with van der Waals surface area (Å²) in [5.74, 6) is 0. The Kier molecular flexibility index (Phi) is 3.47. The van der Waals surface area contributed by atoms with Gasteiger partial charge in [-0.25, -0.2) is 8.42 Å². The molecule has 2 nitrogen and oxygen atoms in total. The SMILES string of the molecule is [CH2]C(CC=C)S(=O)(=O)c1ccccc1. The van der Waals surface area contributed by atoms with E-state index in [1.54, 1.807) is 36.4 Å². The average Bonchev–Trinajstić information content (AvgIpc) is 2.19. The molecule has 0 aromatic heterocycles. The Morgan fingerprint density at radius 1 is 1.29 bits per heavy atom. The van der Waals surface area contributed by atoms with Gasteiger partial charge >= 0.3 is 0 Å². The molecule has 0 aliphatic carbocycles. The summed E-state index contributed by atoms with van der Waals surface area (Å²) >= 11 is 0. The largest absolute Gasteiger partial charge is 0.223 e. The molecule has 0 N–H and O–H groups in total. The molecule has 1 atom stereocenters. The molecule has 14 heavy (non-hydrogen) atoms. The molecule has 0 amide bonds. The van der Waals surface area contributed by atoms with Gasteiger partial charge in [0.05, 0.1) is 10.1 Å². The zero-order valence-electron chi connectivity index (χ0n) is 7.89. The maximum Gasteiger partial charge on any atom is 0.181 e. The van der Waals surface area contributed by atoms with Gasteiger partial charge in [0, 0.05) is 0 Å². The van der Waals surface area contributed by atoms with Gasteiger partial charge in [0.1, 0.15) is 0 Å². The minimum Gasteiger partial charge on any atom is -0.223 e. The van der Waals surface area contributed by atoms with Crippen LogP contribution < -0.4 is 0 Å². The van der Waals surface area contributed by atoms with Crippen molar-refractivity contribution in [2.24, 2.45) is 0 Å². The molecule has 75 valence electrons. The van der Waals surface area contributed by atoms with Crippen molar-refractivity contribution in [3.8, 4) is 0 Å². The molecule has 0 saturated heterocycles. The van der Waals surface area contributed by atoms with Crippen LogP contribution in [0.2, 0.25) is 0 Å². The van der Waals surface area contributed by atoms with Crippen molar-refractivity contribution in [1.82, 2.24) is 0 Å². The second kappa shape index (κ2) is 4.42. The lowest BCUT2D eigenvalue weighted by molar-refractivity contribution is 0.588. The molecule has 0 bridgehead atoms. The van der Waals surface area contributed by atoms with Crippen LogP contribution in [0.5, 0.6) is 0 Å². The summed E-state index contributed by atoms with van der Waals surface area (Å²) in [4.78, 5) is 0.321. The highest BCUT2D eigenvalue weighted by molar-refractivity contribution is 7.92. The highest BCUT2D eigenvalue weighted by atomic mass is 32.2. The third-order valence-corrected chi connectivity index (χ3v) is 3.94. The van der Waals surface area contributed by atoms with Crippen LogP contribution in [0.15, 0.2) is 47.9 Å². The first-order valence-electron chi connectivity index (χ1n) is 4.32. The fourth-order valence-electron chi connectivity index (χ4n) is 1.12. The van der Waals surface area contributed by atoms with Gasteiger partial charge in [-0.3, -0.25) is 0 Å². The Balaban J connectivity index is 3.03. The van der Waals surface area contributed by atoms with E-state index >= 15 is 0 Å². The summed E-state index contributed by atoms with van der Waals surface area (Å²) in [5.41, 5.74) is 0. The minimum atomic E-state index is -3.28. The van der Waals surface area contributed by atoms with E-state index in [2.05, 4.69) is 13.5 Å². The summed E-state index contributed by atoms with van der Waals surface area (Å²) in [6.45, 7) is 7.12. The van der Waals surface area contributed by atoms with Crippen molar-refractivity contribution in [3.05, 3.63) is 49.9 Å². The topological polar surface area (TPSA) is 34.1 Å². The van der Waals surface area contributed by atoms with Crippen molar-refractivity contribution in [2.45, 2.75) is 16.6 Å². The molecule has 0 fully saturated rings. The first-order valence-corrected chi connectivity index (χ1v) is 5.86. The number of hydrogen-bond donors (Lipinski definition) is 0. The van der Waals surface area contributed by atoms with Gasteiger partial charge < -0.3 is 0 Å². The average molecular weight is 209 g/mol. The molecule has 1 unspecified atom stereocenters. The molecule has 3 heteroatoms. The van der Waals surface area contributed by atoms with Crippen molar-refractivity contribution >= 4 is 9.84 Å². The number of hydrogen-bond acceptors (Lipinski definition) is 2. The second-order valence-electron chi connectivity index (χ2n) is 3.00. The molecular weight excluding hydrogens is 196 g/mol. The van der Waals surface area contributed by atoms with Crippen molar-refractivity contribution in [3.63, 3.8) is 0 Å². The number of benzene rings is 1. The van der Waals surface area contributed by atoms with E-state index in [0.717, 1.165) is 0 Å². The number of rotatable bonds is 4. The standard InChI is InChI=1S/C11H13O2S/c1-3-7-10(2)14(12,13)11-8-5-4-6-9-11/h3-6,8-10H,1-2,7H2. The van der Waals surface area contributed by atoms with Gasteiger partial charge in [-0.2, -0.15) is 0 Å². The van der Waals surface area contributed by atoms with Crippen LogP contribution in [0.25, 0.3) is 0 Å². The van der Waals surface area contributed by atoms with Crippen LogP contribution in [0.3, 0.4) is 0 Å². The normalized spacial score (nSPS) is 13.5. The maximum absolute atomic E-state index is 11.8. The van der Waals surface area contributed by atoms with Crippen LogP contribution in [-0.2, 0) is 9.84 Å².